The maximum Gasteiger partial charge on any atom is 0.418 e. The summed E-state index contributed by atoms with van der Waals surface area (Å²) in [6.45, 7) is 1.81. The Hall–Kier alpha value is -2.85. The molecule has 0 aliphatic heterocycles. The van der Waals surface area contributed by atoms with E-state index in [0.717, 1.165) is 11.6 Å². The van der Waals surface area contributed by atoms with Gasteiger partial charge in [-0.1, -0.05) is 29.8 Å². The molecule has 1 atom stereocenters. The van der Waals surface area contributed by atoms with Gasteiger partial charge in [-0.25, -0.2) is 4.79 Å². The van der Waals surface area contributed by atoms with Gasteiger partial charge in [0.25, 0.3) is 0 Å². The third-order valence-electron chi connectivity index (χ3n) is 3.49. The van der Waals surface area contributed by atoms with Gasteiger partial charge in [-0.3, -0.25) is 0 Å². The van der Waals surface area contributed by atoms with Gasteiger partial charge in [0.05, 0.1) is 11.1 Å². The van der Waals surface area contributed by atoms with Gasteiger partial charge in [0.2, 0.25) is 0 Å². The number of carboxylic acids is 1. The van der Waals surface area contributed by atoms with Gasteiger partial charge in [0.15, 0.2) is 6.10 Å². The topological polar surface area (TPSA) is 81.3 Å². The molecule has 24 heavy (non-hydrogen) atoms. The van der Waals surface area contributed by atoms with Crippen LogP contribution in [0.15, 0.2) is 36.4 Å². The largest absolute Gasteiger partial charge is 0.478 e. The summed E-state index contributed by atoms with van der Waals surface area (Å²) in [5.74, 6) is -1.55. The highest BCUT2D eigenvalue weighted by Gasteiger charge is 2.40. The van der Waals surface area contributed by atoms with E-state index < -0.39 is 29.4 Å². The summed E-state index contributed by atoms with van der Waals surface area (Å²) in [6, 6.07) is 9.90. The van der Waals surface area contributed by atoms with Crippen LogP contribution in [0, 0.1) is 18.3 Å². The van der Waals surface area contributed by atoms with Gasteiger partial charge < -0.3 is 10.2 Å². The molecule has 1 unspecified atom stereocenters. The maximum absolute atomic E-state index is 12.8. The normalized spacial score (nSPS) is 12.5. The molecule has 0 fully saturated rings. The lowest BCUT2D eigenvalue weighted by molar-refractivity contribution is -0.206. The van der Waals surface area contributed by atoms with E-state index in [2.05, 4.69) is 0 Å². The van der Waals surface area contributed by atoms with Crippen LogP contribution in [0.2, 0.25) is 0 Å². The molecule has 0 aromatic heterocycles. The van der Waals surface area contributed by atoms with Crippen molar-refractivity contribution in [3.05, 3.63) is 58.7 Å². The van der Waals surface area contributed by atoms with E-state index in [4.69, 9.17) is 0 Å². The summed E-state index contributed by atoms with van der Waals surface area (Å²) in [4.78, 5) is 11.3. The average molecular weight is 335 g/mol. The molecule has 0 heterocycles. The molecule has 0 amide bonds. The molecule has 4 nitrogen and oxygen atoms in total. The number of alkyl halides is 3. The number of carbonyl (C=O) groups is 1. The fourth-order valence-electron chi connectivity index (χ4n) is 2.26. The highest BCUT2D eigenvalue weighted by molar-refractivity contribution is 5.94. The minimum atomic E-state index is -4.95. The quantitative estimate of drug-likeness (QED) is 0.893. The second kappa shape index (κ2) is 6.34. The van der Waals surface area contributed by atoms with E-state index >= 15 is 0 Å². The Morgan fingerprint density at radius 2 is 1.79 bits per heavy atom. The predicted molar refractivity (Wildman–Crippen MR) is 79.3 cm³/mol. The van der Waals surface area contributed by atoms with E-state index in [1.54, 1.807) is 30.3 Å². The molecule has 0 spiro atoms. The van der Waals surface area contributed by atoms with Crippen molar-refractivity contribution < 1.29 is 28.2 Å². The van der Waals surface area contributed by atoms with Gasteiger partial charge in [-0.2, -0.15) is 18.4 Å². The molecule has 0 bridgehead atoms. The van der Waals surface area contributed by atoms with Crippen molar-refractivity contribution in [1.82, 2.24) is 0 Å². The highest BCUT2D eigenvalue weighted by atomic mass is 19.4. The van der Waals surface area contributed by atoms with Crippen molar-refractivity contribution in [2.75, 3.05) is 0 Å². The monoisotopic (exact) mass is 335 g/mol. The van der Waals surface area contributed by atoms with Crippen molar-refractivity contribution in [3.63, 3.8) is 0 Å². The summed E-state index contributed by atoms with van der Waals surface area (Å²) < 4.78 is 38.3. The van der Waals surface area contributed by atoms with Crippen LogP contribution in [0.4, 0.5) is 13.2 Å². The highest BCUT2D eigenvalue weighted by Crippen LogP contribution is 2.36. The summed E-state index contributed by atoms with van der Waals surface area (Å²) in [6.07, 6.45) is -7.79. The van der Waals surface area contributed by atoms with Crippen LogP contribution in [0.3, 0.4) is 0 Å². The smallest absolute Gasteiger partial charge is 0.418 e. The molecular formula is C17H12F3NO3. The summed E-state index contributed by atoms with van der Waals surface area (Å²) in [5.41, 5.74) is -0.179. The van der Waals surface area contributed by atoms with E-state index in [1.165, 1.54) is 0 Å². The van der Waals surface area contributed by atoms with E-state index in [9.17, 15) is 33.4 Å². The standard InChI is InChI=1S/C17H12F3NO3/c1-9-2-4-10(5-3-9)12-6-11(15(22)17(18,19)20)7-13(16(23)24)14(12)8-21/h2-7,15,22H,1H3,(H,23,24). The third kappa shape index (κ3) is 3.39. The number of benzene rings is 2. The number of aryl methyl sites for hydroxylation is 1. The zero-order chi connectivity index (χ0) is 18.1. The van der Waals surface area contributed by atoms with Crippen LogP contribution in [-0.2, 0) is 0 Å². The Morgan fingerprint density at radius 3 is 2.25 bits per heavy atom. The van der Waals surface area contributed by atoms with Gasteiger partial charge in [-0.15, -0.1) is 0 Å². The SMILES string of the molecule is Cc1ccc(-c2cc(C(O)C(F)(F)F)cc(C(=O)O)c2C#N)cc1. The third-order valence-corrected chi connectivity index (χ3v) is 3.49. The zero-order valence-corrected chi connectivity index (χ0v) is 12.4. The second-order valence-electron chi connectivity index (χ2n) is 5.22. The fraction of sp³-hybridized carbons (Fsp3) is 0.176. The molecular weight excluding hydrogens is 323 g/mol. The number of nitrogens with zero attached hydrogens (tertiary/aromatic N) is 1. The van der Waals surface area contributed by atoms with Crippen LogP contribution in [-0.4, -0.2) is 22.4 Å². The number of nitriles is 1. The molecule has 0 radical (unpaired) electrons. The number of carboxylic acid groups (broad SMARTS) is 1. The van der Waals surface area contributed by atoms with Crippen molar-refractivity contribution in [1.29, 1.82) is 5.26 Å². The first-order valence-electron chi connectivity index (χ1n) is 6.78. The van der Waals surface area contributed by atoms with Crippen LogP contribution in [0.5, 0.6) is 0 Å². The Morgan fingerprint density at radius 1 is 1.21 bits per heavy atom. The lowest BCUT2D eigenvalue weighted by atomic mass is 9.91. The summed E-state index contributed by atoms with van der Waals surface area (Å²) in [5, 5.41) is 27.9. The molecule has 2 aromatic rings. The van der Waals surface area contributed by atoms with Crippen molar-refractivity contribution >= 4 is 5.97 Å². The maximum atomic E-state index is 12.8. The van der Waals surface area contributed by atoms with Gasteiger partial charge >= 0.3 is 12.1 Å². The zero-order valence-electron chi connectivity index (χ0n) is 12.4. The lowest BCUT2D eigenvalue weighted by Crippen LogP contribution is -2.21. The molecule has 2 aromatic carbocycles. The minimum absolute atomic E-state index is 0.0238. The summed E-state index contributed by atoms with van der Waals surface area (Å²) >= 11 is 0. The molecule has 0 aliphatic rings. The van der Waals surface area contributed by atoms with E-state index in [-0.39, 0.29) is 11.1 Å². The Balaban J connectivity index is 2.76. The van der Waals surface area contributed by atoms with Crippen LogP contribution >= 0.6 is 0 Å². The van der Waals surface area contributed by atoms with Crippen molar-refractivity contribution in [2.24, 2.45) is 0 Å². The number of halogens is 3. The van der Waals surface area contributed by atoms with E-state index in [1.807, 2.05) is 6.92 Å². The van der Waals surface area contributed by atoms with Crippen LogP contribution in [0.1, 0.15) is 33.2 Å². The molecule has 0 saturated heterocycles. The molecule has 2 N–H and O–H groups in total. The van der Waals surface area contributed by atoms with Crippen molar-refractivity contribution in [2.45, 2.75) is 19.2 Å². The number of aliphatic hydroxyl groups excluding tert-OH is 1. The summed E-state index contributed by atoms with van der Waals surface area (Å²) in [7, 11) is 0. The Bertz CT molecular complexity index is 821. The van der Waals surface area contributed by atoms with Crippen molar-refractivity contribution in [3.8, 4) is 17.2 Å². The lowest BCUT2D eigenvalue weighted by Gasteiger charge is -2.18. The minimum Gasteiger partial charge on any atom is -0.478 e. The molecule has 0 saturated carbocycles. The molecule has 0 aliphatic carbocycles. The number of rotatable bonds is 3. The predicted octanol–water partition coefficient (Wildman–Crippen LogP) is 3.83. The first kappa shape index (κ1) is 17.5. The number of aliphatic hydroxyl groups is 1. The first-order valence-corrected chi connectivity index (χ1v) is 6.78. The van der Waals surface area contributed by atoms with Gasteiger partial charge in [0, 0.05) is 5.56 Å². The van der Waals surface area contributed by atoms with E-state index in [0.29, 0.717) is 11.6 Å². The first-order chi connectivity index (χ1) is 11.1. The van der Waals surface area contributed by atoms with Gasteiger partial charge in [-0.05, 0) is 30.2 Å². The van der Waals surface area contributed by atoms with Crippen LogP contribution in [0.25, 0.3) is 11.1 Å². The number of hydrogen-bond acceptors (Lipinski definition) is 3. The van der Waals surface area contributed by atoms with Crippen LogP contribution < -0.4 is 0 Å². The molecule has 2 rings (SSSR count). The average Bonchev–Trinajstić information content (AvgIpc) is 2.52. The Labute approximate surface area is 135 Å². The fourth-order valence-corrected chi connectivity index (χ4v) is 2.26. The molecule has 7 heteroatoms. The Kier molecular flexibility index (Phi) is 4.62. The number of aromatic carboxylic acids is 1. The second-order valence-corrected chi connectivity index (χ2v) is 5.22. The number of hydrogen-bond donors (Lipinski definition) is 2. The molecule has 124 valence electrons. The van der Waals surface area contributed by atoms with Gasteiger partial charge in [0.1, 0.15) is 6.07 Å².